The molecule has 0 saturated carbocycles. The molecule has 0 aromatic heterocycles. The summed E-state index contributed by atoms with van der Waals surface area (Å²) in [5.41, 5.74) is 0.855. The van der Waals surface area contributed by atoms with Crippen molar-refractivity contribution in [1.82, 2.24) is 0 Å². The van der Waals surface area contributed by atoms with E-state index in [0.717, 1.165) is 22.1 Å². The summed E-state index contributed by atoms with van der Waals surface area (Å²) in [6, 6.07) is 5.70. The Labute approximate surface area is 93.2 Å². The van der Waals surface area contributed by atoms with Gasteiger partial charge in [-0.25, -0.2) is 0 Å². The van der Waals surface area contributed by atoms with Crippen LogP contribution in [-0.4, -0.2) is 18.8 Å². The lowest BCUT2D eigenvalue weighted by atomic mass is 10.2. The van der Waals surface area contributed by atoms with Crippen LogP contribution in [-0.2, 0) is 4.79 Å². The Morgan fingerprint density at radius 3 is 3.07 bits per heavy atom. The molecule has 80 valence electrons. The van der Waals surface area contributed by atoms with Crippen LogP contribution >= 0.6 is 11.8 Å². The van der Waals surface area contributed by atoms with Crippen LogP contribution in [0, 0.1) is 5.92 Å². The smallest absolute Gasteiger partial charge is 0.228 e. The molecule has 0 spiro atoms. The van der Waals surface area contributed by atoms with Crippen molar-refractivity contribution < 1.29 is 9.53 Å². The maximum Gasteiger partial charge on any atom is 0.228 e. The molecule has 1 N–H and O–H groups in total. The Balaban J connectivity index is 2.42. The number of carbonyl (C=O) groups is 1. The monoisotopic (exact) mass is 223 g/mol. The quantitative estimate of drug-likeness (QED) is 0.794. The van der Waals surface area contributed by atoms with Crippen molar-refractivity contribution in [3.8, 4) is 5.75 Å². The number of amides is 1. The lowest BCUT2D eigenvalue weighted by Crippen LogP contribution is -2.20. The molecule has 1 unspecified atom stereocenters. The van der Waals surface area contributed by atoms with Crippen LogP contribution in [0.2, 0.25) is 0 Å². The van der Waals surface area contributed by atoms with Crippen LogP contribution in [0.1, 0.15) is 6.92 Å². The number of rotatable bonds is 1. The Kier molecular flexibility index (Phi) is 2.86. The second-order valence-electron chi connectivity index (χ2n) is 3.54. The molecule has 0 radical (unpaired) electrons. The summed E-state index contributed by atoms with van der Waals surface area (Å²) < 4.78 is 5.27. The molecule has 0 bridgehead atoms. The van der Waals surface area contributed by atoms with Crippen LogP contribution < -0.4 is 10.1 Å². The lowest BCUT2D eigenvalue weighted by molar-refractivity contribution is -0.118. The second-order valence-corrected chi connectivity index (χ2v) is 4.57. The van der Waals surface area contributed by atoms with Gasteiger partial charge in [0.1, 0.15) is 5.75 Å². The van der Waals surface area contributed by atoms with Crippen molar-refractivity contribution in [1.29, 1.82) is 0 Å². The first kappa shape index (κ1) is 10.4. The third-order valence-corrected chi connectivity index (χ3v) is 3.76. The molecule has 1 amide bonds. The average molecular weight is 223 g/mol. The number of fused-ring (bicyclic) bond motifs is 1. The van der Waals surface area contributed by atoms with Crippen LogP contribution in [0.25, 0.3) is 0 Å². The van der Waals surface area contributed by atoms with Gasteiger partial charge in [0.25, 0.3) is 0 Å². The summed E-state index contributed by atoms with van der Waals surface area (Å²) in [6.07, 6.45) is 0. The molecule has 0 fully saturated rings. The number of methoxy groups -OCH3 is 1. The Morgan fingerprint density at radius 2 is 2.33 bits per heavy atom. The van der Waals surface area contributed by atoms with Crippen molar-refractivity contribution >= 4 is 23.4 Å². The van der Waals surface area contributed by atoms with Crippen LogP contribution in [0.3, 0.4) is 0 Å². The highest BCUT2D eigenvalue weighted by molar-refractivity contribution is 7.99. The summed E-state index contributed by atoms with van der Waals surface area (Å²) in [4.78, 5) is 12.6. The third-order valence-electron chi connectivity index (χ3n) is 2.38. The molecule has 1 heterocycles. The first-order valence-electron chi connectivity index (χ1n) is 4.83. The van der Waals surface area contributed by atoms with Gasteiger partial charge in [-0.2, -0.15) is 0 Å². The topological polar surface area (TPSA) is 38.3 Å². The van der Waals surface area contributed by atoms with Gasteiger partial charge in [-0.3, -0.25) is 4.79 Å². The van der Waals surface area contributed by atoms with E-state index in [1.165, 1.54) is 0 Å². The molecular formula is C11H13NO2S. The van der Waals surface area contributed by atoms with Gasteiger partial charge in [0.2, 0.25) is 5.91 Å². The molecule has 3 nitrogen and oxygen atoms in total. The number of benzene rings is 1. The summed E-state index contributed by atoms with van der Waals surface area (Å²) in [7, 11) is 1.65. The van der Waals surface area contributed by atoms with Gasteiger partial charge >= 0.3 is 0 Å². The molecule has 1 atom stereocenters. The van der Waals surface area contributed by atoms with Gasteiger partial charge in [0.15, 0.2) is 0 Å². The fourth-order valence-corrected chi connectivity index (χ4v) is 2.60. The zero-order valence-corrected chi connectivity index (χ0v) is 9.56. The van der Waals surface area contributed by atoms with Gasteiger partial charge in [0, 0.05) is 11.7 Å². The van der Waals surface area contributed by atoms with Gasteiger partial charge < -0.3 is 10.1 Å². The van der Waals surface area contributed by atoms with E-state index in [4.69, 9.17) is 4.74 Å². The normalized spacial score (nSPS) is 20.1. The standard InChI is InChI=1S/C11H13NO2S/c1-7-6-15-10-8(12-11(7)13)4-3-5-9(10)14-2/h3-5,7H,6H2,1-2H3,(H,12,13). The SMILES string of the molecule is COc1cccc2c1SCC(C)C(=O)N2. The molecule has 0 saturated heterocycles. The number of nitrogens with one attached hydrogen (secondary N) is 1. The molecule has 1 aliphatic heterocycles. The van der Waals surface area contributed by atoms with Crippen LogP contribution in [0.5, 0.6) is 5.75 Å². The lowest BCUT2D eigenvalue weighted by Gasteiger charge is -2.09. The highest BCUT2D eigenvalue weighted by Gasteiger charge is 2.21. The van der Waals surface area contributed by atoms with Gasteiger partial charge in [-0.15, -0.1) is 11.8 Å². The van der Waals surface area contributed by atoms with Crippen molar-refractivity contribution in [3.05, 3.63) is 18.2 Å². The van der Waals surface area contributed by atoms with Gasteiger partial charge in [-0.05, 0) is 12.1 Å². The minimum Gasteiger partial charge on any atom is -0.496 e. The number of ether oxygens (including phenoxy) is 1. The first-order chi connectivity index (χ1) is 7.22. The fraction of sp³-hybridized carbons (Fsp3) is 0.364. The minimum absolute atomic E-state index is 0.0344. The molecule has 1 aliphatic rings. The van der Waals surface area contributed by atoms with E-state index >= 15 is 0 Å². The predicted octanol–water partition coefficient (Wildman–Crippen LogP) is 2.38. The molecular weight excluding hydrogens is 210 g/mol. The molecule has 0 aliphatic carbocycles. The van der Waals surface area contributed by atoms with E-state index in [0.29, 0.717) is 0 Å². The highest BCUT2D eigenvalue weighted by atomic mass is 32.2. The maximum atomic E-state index is 11.6. The van der Waals surface area contributed by atoms with E-state index in [2.05, 4.69) is 5.32 Å². The molecule has 4 heteroatoms. The van der Waals surface area contributed by atoms with Crippen molar-refractivity contribution in [2.24, 2.45) is 5.92 Å². The van der Waals surface area contributed by atoms with E-state index in [9.17, 15) is 4.79 Å². The number of hydrogen-bond acceptors (Lipinski definition) is 3. The first-order valence-corrected chi connectivity index (χ1v) is 5.81. The number of hydrogen-bond donors (Lipinski definition) is 1. The van der Waals surface area contributed by atoms with E-state index in [1.54, 1.807) is 18.9 Å². The second kappa shape index (κ2) is 4.14. The number of anilines is 1. The van der Waals surface area contributed by atoms with E-state index < -0.39 is 0 Å². The number of thioether (sulfide) groups is 1. The van der Waals surface area contributed by atoms with E-state index in [-0.39, 0.29) is 11.8 Å². The zero-order chi connectivity index (χ0) is 10.8. The van der Waals surface area contributed by atoms with Gasteiger partial charge in [-0.1, -0.05) is 13.0 Å². The van der Waals surface area contributed by atoms with E-state index in [1.807, 2.05) is 25.1 Å². The highest BCUT2D eigenvalue weighted by Crippen LogP contribution is 2.39. The fourth-order valence-electron chi connectivity index (χ4n) is 1.46. The summed E-state index contributed by atoms with van der Waals surface area (Å²) in [6.45, 7) is 1.93. The maximum absolute atomic E-state index is 11.6. The largest absolute Gasteiger partial charge is 0.496 e. The minimum atomic E-state index is 0.0344. The average Bonchev–Trinajstić information content (AvgIpc) is 2.39. The predicted molar refractivity (Wildman–Crippen MR) is 61.5 cm³/mol. The van der Waals surface area contributed by atoms with Crippen molar-refractivity contribution in [3.63, 3.8) is 0 Å². The van der Waals surface area contributed by atoms with Crippen LogP contribution in [0.15, 0.2) is 23.1 Å². The molecule has 15 heavy (non-hydrogen) atoms. The Hall–Kier alpha value is -1.16. The summed E-state index contributed by atoms with van der Waals surface area (Å²) in [5.74, 6) is 1.73. The molecule has 2 rings (SSSR count). The molecule has 1 aromatic carbocycles. The zero-order valence-electron chi connectivity index (χ0n) is 8.74. The third kappa shape index (κ3) is 1.95. The number of carbonyl (C=O) groups excluding carboxylic acids is 1. The molecule has 1 aromatic rings. The Morgan fingerprint density at radius 1 is 1.53 bits per heavy atom. The van der Waals surface area contributed by atoms with Crippen LogP contribution in [0.4, 0.5) is 5.69 Å². The summed E-state index contributed by atoms with van der Waals surface area (Å²) >= 11 is 1.66. The van der Waals surface area contributed by atoms with Crippen molar-refractivity contribution in [2.75, 3.05) is 18.2 Å². The Bertz CT molecular complexity index is 392. The van der Waals surface area contributed by atoms with Crippen molar-refractivity contribution in [2.45, 2.75) is 11.8 Å². The van der Waals surface area contributed by atoms with Gasteiger partial charge in [0.05, 0.1) is 17.7 Å². The summed E-state index contributed by atoms with van der Waals surface area (Å²) in [5, 5.41) is 2.91.